The monoisotopic (exact) mass is 486 g/mol. The molecule has 0 fully saturated rings. The van der Waals surface area contributed by atoms with E-state index in [-0.39, 0.29) is 12.2 Å². The molecule has 0 aliphatic rings. The summed E-state index contributed by atoms with van der Waals surface area (Å²) in [5, 5.41) is 15.4. The molecule has 0 aliphatic heterocycles. The fourth-order valence-corrected chi connectivity index (χ4v) is 3.63. The Labute approximate surface area is 205 Å². The number of hydrogen-bond donors (Lipinski definition) is 3. The van der Waals surface area contributed by atoms with Gasteiger partial charge in [-0.1, -0.05) is 18.2 Å². The van der Waals surface area contributed by atoms with Crippen molar-refractivity contribution in [2.75, 3.05) is 32.7 Å². The number of para-hydroxylation sites is 1. The maximum Gasteiger partial charge on any atom is 0.327 e. The number of methoxy groups -OCH3 is 2. The number of esters is 1. The molecule has 3 N–H and O–H groups in total. The molecule has 2 aromatic rings. The highest BCUT2D eigenvalue weighted by atomic mass is 16.5. The van der Waals surface area contributed by atoms with E-state index in [1.54, 1.807) is 38.3 Å². The van der Waals surface area contributed by atoms with Crippen molar-refractivity contribution in [3.63, 3.8) is 0 Å². The first-order chi connectivity index (χ1) is 16.8. The van der Waals surface area contributed by atoms with E-state index < -0.39 is 24.0 Å². The van der Waals surface area contributed by atoms with Crippen LogP contribution in [-0.2, 0) is 20.7 Å². The Morgan fingerprint density at radius 1 is 1.09 bits per heavy atom. The van der Waals surface area contributed by atoms with Gasteiger partial charge >= 0.3 is 11.9 Å². The number of anilines is 1. The summed E-state index contributed by atoms with van der Waals surface area (Å²) in [7, 11) is 2.88. The van der Waals surface area contributed by atoms with Crippen LogP contribution in [0, 0.1) is 0 Å². The molecule has 0 radical (unpaired) electrons. The molecule has 35 heavy (non-hydrogen) atoms. The van der Waals surface area contributed by atoms with E-state index in [0.29, 0.717) is 43.0 Å². The lowest BCUT2D eigenvalue weighted by atomic mass is 9.99. The summed E-state index contributed by atoms with van der Waals surface area (Å²) in [4.78, 5) is 36.5. The first kappa shape index (κ1) is 27.7. The number of carbonyl (C=O) groups is 3. The van der Waals surface area contributed by atoms with Crippen molar-refractivity contribution >= 4 is 23.4 Å². The molecule has 0 bridgehead atoms. The van der Waals surface area contributed by atoms with E-state index in [1.165, 1.54) is 7.11 Å². The highest BCUT2D eigenvalue weighted by Gasteiger charge is 2.25. The van der Waals surface area contributed by atoms with Gasteiger partial charge < -0.3 is 30.0 Å². The Balaban J connectivity index is 2.09. The zero-order valence-electron chi connectivity index (χ0n) is 20.6. The molecule has 0 amide bonds. The molecule has 0 heterocycles. The van der Waals surface area contributed by atoms with Gasteiger partial charge in [-0.2, -0.15) is 0 Å². The molecule has 0 saturated heterocycles. The van der Waals surface area contributed by atoms with E-state index in [4.69, 9.17) is 14.2 Å². The van der Waals surface area contributed by atoms with E-state index in [0.717, 1.165) is 11.3 Å². The molecular weight excluding hydrogens is 452 g/mol. The lowest BCUT2D eigenvalue weighted by Crippen LogP contribution is -2.40. The third-order valence-electron chi connectivity index (χ3n) is 5.40. The van der Waals surface area contributed by atoms with Crippen molar-refractivity contribution in [2.24, 2.45) is 0 Å². The number of nitrogens with one attached hydrogen (secondary N) is 2. The van der Waals surface area contributed by atoms with Gasteiger partial charge in [0.25, 0.3) is 0 Å². The number of aryl methyl sites for hydroxylation is 1. The molecule has 0 aliphatic carbocycles. The van der Waals surface area contributed by atoms with Gasteiger partial charge in [0.15, 0.2) is 5.78 Å². The van der Waals surface area contributed by atoms with Crippen LogP contribution in [-0.4, -0.2) is 62.3 Å². The van der Waals surface area contributed by atoms with Crippen LogP contribution in [0.25, 0.3) is 0 Å². The quantitative estimate of drug-likeness (QED) is 0.198. The topological polar surface area (TPSA) is 123 Å². The van der Waals surface area contributed by atoms with Gasteiger partial charge in [0, 0.05) is 17.3 Å². The predicted octanol–water partition coefficient (Wildman–Crippen LogP) is 3.32. The van der Waals surface area contributed by atoms with Crippen molar-refractivity contribution in [3.05, 3.63) is 53.6 Å². The van der Waals surface area contributed by atoms with Crippen molar-refractivity contribution in [3.8, 4) is 11.5 Å². The summed E-state index contributed by atoms with van der Waals surface area (Å²) in [6, 6.07) is 10.7. The normalized spacial score (nSPS) is 12.3. The lowest BCUT2D eigenvalue weighted by Gasteiger charge is -2.20. The smallest absolute Gasteiger partial charge is 0.327 e. The largest absolute Gasteiger partial charge is 0.497 e. The summed E-state index contributed by atoms with van der Waals surface area (Å²) < 4.78 is 15.7. The van der Waals surface area contributed by atoms with Crippen LogP contribution in [0.3, 0.4) is 0 Å². The summed E-state index contributed by atoms with van der Waals surface area (Å²) >= 11 is 0. The lowest BCUT2D eigenvalue weighted by molar-refractivity contribution is -0.141. The van der Waals surface area contributed by atoms with Crippen LogP contribution in [0.1, 0.15) is 42.6 Å². The standard InChI is InChI=1S/C26H34N2O7/c1-5-35-23-15-19(33-3)13-12-18(23)9-8-14-27-22(16-24(29)30)25(31)20-10-6-7-11-21(20)28-17(2)26(32)34-4/h6-7,10-13,15,17,22,27-28H,5,8-9,14,16H2,1-4H3,(H,29,30)/t17?,22-/m0/s1. The van der Waals surface area contributed by atoms with Gasteiger partial charge in [-0.05, 0) is 57.0 Å². The Kier molecular flexibility index (Phi) is 11.0. The number of Topliss-reactive ketones (excluding diaryl/α,β-unsaturated/α-hetero) is 1. The van der Waals surface area contributed by atoms with Crippen molar-refractivity contribution in [1.29, 1.82) is 0 Å². The number of hydrogen-bond acceptors (Lipinski definition) is 8. The SMILES string of the molecule is CCOc1cc(OC)ccc1CCCN[C@@H](CC(=O)O)C(=O)c1ccccc1NC(C)C(=O)OC. The van der Waals surface area contributed by atoms with Crippen LogP contribution in [0.4, 0.5) is 5.69 Å². The molecule has 0 aromatic heterocycles. The molecule has 1 unspecified atom stereocenters. The third-order valence-corrected chi connectivity index (χ3v) is 5.40. The van der Waals surface area contributed by atoms with Gasteiger partial charge in [-0.25, -0.2) is 4.79 Å². The fraction of sp³-hybridized carbons (Fsp3) is 0.423. The molecular formula is C26H34N2O7. The molecule has 0 spiro atoms. The molecule has 190 valence electrons. The Morgan fingerprint density at radius 2 is 1.83 bits per heavy atom. The van der Waals surface area contributed by atoms with Crippen LogP contribution < -0.4 is 20.1 Å². The van der Waals surface area contributed by atoms with Crippen LogP contribution >= 0.6 is 0 Å². The number of aliphatic carboxylic acids is 1. The zero-order valence-corrected chi connectivity index (χ0v) is 20.6. The summed E-state index contributed by atoms with van der Waals surface area (Å²) in [5.74, 6) is -0.483. The van der Waals surface area contributed by atoms with Gasteiger partial charge in [0.1, 0.15) is 17.5 Å². The minimum atomic E-state index is -1.09. The summed E-state index contributed by atoms with van der Waals surface area (Å²) in [5.41, 5.74) is 1.74. The number of benzene rings is 2. The molecule has 0 saturated carbocycles. The number of carbonyl (C=O) groups excluding carboxylic acids is 2. The number of ketones is 1. The van der Waals surface area contributed by atoms with Crippen molar-refractivity contribution in [2.45, 2.75) is 45.2 Å². The van der Waals surface area contributed by atoms with E-state index in [1.807, 2.05) is 25.1 Å². The average molecular weight is 487 g/mol. The Morgan fingerprint density at radius 3 is 2.49 bits per heavy atom. The molecule has 9 nitrogen and oxygen atoms in total. The molecule has 2 aromatic carbocycles. The third kappa shape index (κ3) is 8.29. The number of ether oxygens (including phenoxy) is 3. The van der Waals surface area contributed by atoms with E-state index in [2.05, 4.69) is 10.6 Å². The van der Waals surface area contributed by atoms with Gasteiger partial charge in [-0.15, -0.1) is 0 Å². The minimum Gasteiger partial charge on any atom is -0.497 e. The van der Waals surface area contributed by atoms with Crippen LogP contribution in [0.5, 0.6) is 11.5 Å². The maximum absolute atomic E-state index is 13.3. The molecule has 2 rings (SSSR count). The molecule has 9 heteroatoms. The number of carboxylic acid groups (broad SMARTS) is 1. The number of rotatable bonds is 15. The second-order valence-corrected chi connectivity index (χ2v) is 7.91. The maximum atomic E-state index is 13.3. The first-order valence-corrected chi connectivity index (χ1v) is 11.5. The van der Waals surface area contributed by atoms with E-state index in [9.17, 15) is 19.5 Å². The molecule has 2 atom stereocenters. The number of carboxylic acids is 1. The summed E-state index contributed by atoms with van der Waals surface area (Å²) in [6.07, 6.45) is 0.969. The van der Waals surface area contributed by atoms with Crippen LogP contribution in [0.2, 0.25) is 0 Å². The predicted molar refractivity (Wildman–Crippen MR) is 132 cm³/mol. The van der Waals surface area contributed by atoms with Crippen molar-refractivity contribution < 1.29 is 33.7 Å². The van der Waals surface area contributed by atoms with Gasteiger partial charge in [0.05, 0.1) is 33.3 Å². The van der Waals surface area contributed by atoms with Gasteiger partial charge in [-0.3, -0.25) is 9.59 Å². The average Bonchev–Trinajstić information content (AvgIpc) is 2.85. The Hall–Kier alpha value is -3.59. The second-order valence-electron chi connectivity index (χ2n) is 7.91. The van der Waals surface area contributed by atoms with E-state index >= 15 is 0 Å². The second kappa shape index (κ2) is 14.0. The summed E-state index contributed by atoms with van der Waals surface area (Å²) in [6.45, 7) is 4.48. The minimum absolute atomic E-state index is 0.302. The van der Waals surface area contributed by atoms with Gasteiger partial charge in [0.2, 0.25) is 0 Å². The van der Waals surface area contributed by atoms with Crippen molar-refractivity contribution in [1.82, 2.24) is 5.32 Å². The zero-order chi connectivity index (χ0) is 25.8. The highest BCUT2D eigenvalue weighted by molar-refractivity contribution is 6.06. The first-order valence-electron chi connectivity index (χ1n) is 11.5. The highest BCUT2D eigenvalue weighted by Crippen LogP contribution is 2.26. The van der Waals surface area contributed by atoms with Crippen LogP contribution in [0.15, 0.2) is 42.5 Å². The fourth-order valence-electron chi connectivity index (χ4n) is 3.63. The Bertz CT molecular complexity index is 1010.